The van der Waals surface area contributed by atoms with Crippen LogP contribution in [0.25, 0.3) is 5.69 Å². The minimum Gasteiger partial charge on any atom is -0.339 e. The van der Waals surface area contributed by atoms with Gasteiger partial charge in [-0.25, -0.2) is 13.1 Å². The Hall–Kier alpha value is -2.17. The quantitative estimate of drug-likeness (QED) is 0.707. The summed E-state index contributed by atoms with van der Waals surface area (Å²) in [6.45, 7) is 3.48. The number of carbonyl (C=O) groups excluding carboxylic acids is 1. The first-order valence-electron chi connectivity index (χ1n) is 9.05. The highest BCUT2D eigenvalue weighted by Gasteiger charge is 2.38. The number of sulfonamides is 1. The zero-order valence-electron chi connectivity index (χ0n) is 15.1. The van der Waals surface area contributed by atoms with Gasteiger partial charge in [0.05, 0.1) is 5.69 Å². The van der Waals surface area contributed by atoms with Gasteiger partial charge in [0.15, 0.2) is 0 Å². The molecule has 5 rings (SSSR count). The monoisotopic (exact) mass is 424 g/mol. The van der Waals surface area contributed by atoms with Crippen LogP contribution in [0.3, 0.4) is 0 Å². The molecule has 2 N–H and O–H groups in total. The van der Waals surface area contributed by atoms with Crippen molar-refractivity contribution in [3.8, 4) is 5.69 Å². The van der Waals surface area contributed by atoms with E-state index in [0.717, 1.165) is 32.4 Å². The number of amides is 1. The molecule has 2 saturated heterocycles. The van der Waals surface area contributed by atoms with Crippen LogP contribution >= 0.6 is 12.4 Å². The van der Waals surface area contributed by atoms with E-state index in [0.29, 0.717) is 29.8 Å². The van der Waals surface area contributed by atoms with Crippen molar-refractivity contribution in [3.63, 3.8) is 0 Å². The average Bonchev–Trinajstić information content (AvgIpc) is 3.31. The van der Waals surface area contributed by atoms with E-state index in [-0.39, 0.29) is 29.2 Å². The Morgan fingerprint density at radius 1 is 1.18 bits per heavy atom. The van der Waals surface area contributed by atoms with Gasteiger partial charge in [0.2, 0.25) is 5.95 Å². The van der Waals surface area contributed by atoms with E-state index in [4.69, 9.17) is 0 Å². The average molecular weight is 425 g/mol. The second kappa shape index (κ2) is 6.71. The van der Waals surface area contributed by atoms with E-state index in [1.54, 1.807) is 12.1 Å². The Morgan fingerprint density at radius 2 is 1.96 bits per heavy atom. The number of hydrogen-bond acceptors (Lipinski definition) is 6. The van der Waals surface area contributed by atoms with Crippen molar-refractivity contribution in [2.75, 3.05) is 30.9 Å². The third kappa shape index (κ3) is 2.96. The summed E-state index contributed by atoms with van der Waals surface area (Å²) in [5.74, 6) is 0.0197. The van der Waals surface area contributed by atoms with Crippen LogP contribution in [-0.2, 0) is 10.0 Å². The van der Waals surface area contributed by atoms with E-state index >= 15 is 0 Å². The van der Waals surface area contributed by atoms with Gasteiger partial charge in [-0.05, 0) is 49.4 Å². The van der Waals surface area contributed by atoms with Crippen molar-refractivity contribution in [2.45, 2.75) is 24.2 Å². The highest BCUT2D eigenvalue weighted by atomic mass is 35.5. The second-order valence-electron chi connectivity index (χ2n) is 7.50. The van der Waals surface area contributed by atoms with Crippen molar-refractivity contribution in [1.82, 2.24) is 25.0 Å². The topological polar surface area (TPSA) is 109 Å². The Balaban J connectivity index is 0.00000192. The molecule has 0 unspecified atom stereocenters. The van der Waals surface area contributed by atoms with E-state index < -0.39 is 10.0 Å². The molecule has 0 saturated carbocycles. The van der Waals surface area contributed by atoms with Crippen LogP contribution in [0.2, 0.25) is 0 Å². The normalized spacial score (nSPS) is 21.4. The zero-order chi connectivity index (χ0) is 18.6. The van der Waals surface area contributed by atoms with Crippen molar-refractivity contribution in [3.05, 3.63) is 30.1 Å². The number of nitrogens with zero attached hydrogens (tertiary/aromatic N) is 4. The lowest BCUT2D eigenvalue weighted by molar-refractivity contribution is 0.0607. The fraction of sp³-hybridized carbons (Fsp3) is 0.471. The smallest absolute Gasteiger partial charge is 0.266 e. The standard InChI is InChI=1S/C17H20N6O3S.ClH/c24-15(22-7-4-17(5-8-22)3-6-18-10-17)12-1-2-13-14(9-12)27(25,26)21-16-19-11-20-23(13)16;/h1-2,9,11,18H,3-8,10H2,(H,19,20,21);1H. The summed E-state index contributed by atoms with van der Waals surface area (Å²) in [5, 5.41) is 7.46. The first kappa shape index (κ1) is 19.2. The van der Waals surface area contributed by atoms with Crippen molar-refractivity contribution >= 4 is 34.3 Å². The number of hydrogen-bond donors (Lipinski definition) is 2. The molecular formula is C17H21ClN6O3S. The third-order valence-corrected chi connectivity index (χ3v) is 7.30. The van der Waals surface area contributed by atoms with E-state index in [1.165, 1.54) is 17.1 Å². The summed E-state index contributed by atoms with van der Waals surface area (Å²) in [6, 6.07) is 4.71. The SMILES string of the molecule is Cl.O=C(c1ccc2c(c1)S(=O)(=O)Nc1ncnn1-2)N1CCC2(CCNC2)CC1. The Labute approximate surface area is 169 Å². The molecule has 0 aliphatic carbocycles. The van der Waals surface area contributed by atoms with Gasteiger partial charge < -0.3 is 10.2 Å². The maximum absolute atomic E-state index is 13.0. The maximum Gasteiger partial charge on any atom is 0.266 e. The van der Waals surface area contributed by atoms with Gasteiger partial charge in [-0.2, -0.15) is 14.8 Å². The van der Waals surface area contributed by atoms with Crippen molar-refractivity contribution in [1.29, 1.82) is 0 Å². The first-order chi connectivity index (χ1) is 13.0. The van der Waals surface area contributed by atoms with E-state index in [2.05, 4.69) is 20.1 Å². The number of nitrogens with one attached hydrogen (secondary N) is 2. The lowest BCUT2D eigenvalue weighted by Crippen LogP contribution is -2.44. The van der Waals surface area contributed by atoms with E-state index in [9.17, 15) is 13.2 Å². The van der Waals surface area contributed by atoms with Crippen LogP contribution in [0.15, 0.2) is 29.4 Å². The van der Waals surface area contributed by atoms with Gasteiger partial charge in [0.1, 0.15) is 11.2 Å². The molecule has 1 aromatic heterocycles. The van der Waals surface area contributed by atoms with Crippen LogP contribution in [0.4, 0.5) is 5.95 Å². The minimum atomic E-state index is -3.78. The van der Waals surface area contributed by atoms with Crippen LogP contribution in [0, 0.1) is 5.41 Å². The van der Waals surface area contributed by atoms with Gasteiger partial charge >= 0.3 is 0 Å². The molecule has 4 heterocycles. The fourth-order valence-electron chi connectivity index (χ4n) is 4.29. The molecule has 11 heteroatoms. The van der Waals surface area contributed by atoms with E-state index in [1.807, 2.05) is 4.90 Å². The number of benzene rings is 1. The van der Waals surface area contributed by atoms with Gasteiger partial charge in [0.25, 0.3) is 15.9 Å². The predicted molar refractivity (Wildman–Crippen MR) is 104 cm³/mol. The number of fused-ring (bicyclic) bond motifs is 3. The largest absolute Gasteiger partial charge is 0.339 e. The summed E-state index contributed by atoms with van der Waals surface area (Å²) >= 11 is 0. The molecule has 3 aliphatic heterocycles. The highest BCUT2D eigenvalue weighted by molar-refractivity contribution is 7.93. The van der Waals surface area contributed by atoms with Gasteiger partial charge in [-0.15, -0.1) is 12.4 Å². The summed E-state index contributed by atoms with van der Waals surface area (Å²) < 4.78 is 28.9. The number of anilines is 1. The molecule has 1 spiro atoms. The Morgan fingerprint density at radius 3 is 2.68 bits per heavy atom. The molecule has 3 aliphatic rings. The van der Waals surface area contributed by atoms with Crippen LogP contribution in [-0.4, -0.2) is 60.2 Å². The number of piperidine rings is 1. The minimum absolute atomic E-state index is 0. The summed E-state index contributed by atoms with van der Waals surface area (Å²) in [6.07, 6.45) is 4.42. The summed E-state index contributed by atoms with van der Waals surface area (Å²) in [4.78, 5) is 18.7. The first-order valence-corrected chi connectivity index (χ1v) is 10.5. The van der Waals surface area contributed by atoms with Crippen LogP contribution in [0.1, 0.15) is 29.6 Å². The number of aromatic nitrogens is 3. The number of rotatable bonds is 1. The number of carbonyl (C=O) groups is 1. The predicted octanol–water partition coefficient (Wildman–Crippen LogP) is 1.02. The summed E-state index contributed by atoms with van der Waals surface area (Å²) in [7, 11) is -3.78. The highest BCUT2D eigenvalue weighted by Crippen LogP contribution is 2.37. The molecule has 2 fully saturated rings. The number of likely N-dealkylation sites (tertiary alicyclic amines) is 1. The molecule has 1 amide bonds. The van der Waals surface area contributed by atoms with Crippen LogP contribution < -0.4 is 10.0 Å². The lowest BCUT2D eigenvalue weighted by atomic mass is 9.78. The molecule has 0 radical (unpaired) electrons. The molecule has 0 atom stereocenters. The van der Waals surface area contributed by atoms with Crippen molar-refractivity contribution < 1.29 is 13.2 Å². The molecular weight excluding hydrogens is 404 g/mol. The van der Waals surface area contributed by atoms with Gasteiger partial charge in [0, 0.05) is 25.2 Å². The third-order valence-electron chi connectivity index (χ3n) is 5.94. The fourth-order valence-corrected chi connectivity index (χ4v) is 5.49. The van der Waals surface area contributed by atoms with Gasteiger partial charge in [-0.1, -0.05) is 0 Å². The molecule has 0 bridgehead atoms. The summed E-state index contributed by atoms with van der Waals surface area (Å²) in [5.41, 5.74) is 1.10. The number of halogens is 1. The maximum atomic E-state index is 13.0. The molecule has 28 heavy (non-hydrogen) atoms. The molecule has 150 valence electrons. The lowest BCUT2D eigenvalue weighted by Gasteiger charge is -2.39. The van der Waals surface area contributed by atoms with Crippen molar-refractivity contribution in [2.24, 2.45) is 5.41 Å². The molecule has 2 aromatic rings. The van der Waals surface area contributed by atoms with Gasteiger partial charge in [-0.3, -0.25) is 4.79 Å². The molecule has 9 nitrogen and oxygen atoms in total. The second-order valence-corrected chi connectivity index (χ2v) is 9.15. The Bertz CT molecular complexity index is 1020. The zero-order valence-corrected chi connectivity index (χ0v) is 16.7. The Kier molecular flexibility index (Phi) is 4.59. The molecule has 1 aromatic carbocycles. The van der Waals surface area contributed by atoms with Crippen LogP contribution in [0.5, 0.6) is 0 Å².